The second-order valence-corrected chi connectivity index (χ2v) is 6.30. The number of anilines is 1. The Balaban J connectivity index is 1.98. The van der Waals surface area contributed by atoms with Crippen molar-refractivity contribution in [3.05, 3.63) is 29.3 Å². The summed E-state index contributed by atoms with van der Waals surface area (Å²) in [5, 5.41) is 3.06. The Kier molecular flexibility index (Phi) is 5.37. The number of carbonyl (C=O) groups is 1. The van der Waals surface area contributed by atoms with Gasteiger partial charge in [0.15, 0.2) is 0 Å². The Morgan fingerprint density at radius 3 is 2.67 bits per heavy atom. The second-order valence-electron chi connectivity index (χ2n) is 6.30. The van der Waals surface area contributed by atoms with Gasteiger partial charge in [-0.1, -0.05) is 25.1 Å². The van der Waals surface area contributed by atoms with Crippen molar-refractivity contribution >= 4 is 11.6 Å². The number of likely N-dealkylation sites (tertiary alicyclic amines) is 1. The maximum Gasteiger partial charge on any atom is 0.238 e. The third-order valence-corrected chi connectivity index (χ3v) is 4.46. The van der Waals surface area contributed by atoms with Gasteiger partial charge in [-0.25, -0.2) is 0 Å². The molecule has 0 radical (unpaired) electrons. The topological polar surface area (TPSA) is 58.4 Å². The van der Waals surface area contributed by atoms with Crippen molar-refractivity contribution < 1.29 is 4.79 Å². The summed E-state index contributed by atoms with van der Waals surface area (Å²) in [5.41, 5.74) is 9.01. The van der Waals surface area contributed by atoms with Crippen molar-refractivity contribution in [2.75, 3.05) is 25.0 Å². The van der Waals surface area contributed by atoms with Gasteiger partial charge in [0, 0.05) is 18.3 Å². The smallest absolute Gasteiger partial charge is 0.238 e. The van der Waals surface area contributed by atoms with Crippen LogP contribution in [0.25, 0.3) is 0 Å². The summed E-state index contributed by atoms with van der Waals surface area (Å²) < 4.78 is 0. The molecule has 2 unspecified atom stereocenters. The number of benzene rings is 1. The molecule has 0 aliphatic carbocycles. The molecule has 0 spiro atoms. The Morgan fingerprint density at radius 2 is 2.05 bits per heavy atom. The highest BCUT2D eigenvalue weighted by atomic mass is 16.2. The minimum Gasteiger partial charge on any atom is -0.329 e. The van der Waals surface area contributed by atoms with Gasteiger partial charge in [0.25, 0.3) is 0 Å². The standard InChI is InChI=1S/C17H27N3O/c1-12-7-8-20(15(9-12)10-18)11-16(21)19-17-13(2)5-4-6-14(17)3/h4-6,12,15H,7-11,18H2,1-3H3,(H,19,21). The number of hydrogen-bond acceptors (Lipinski definition) is 3. The first-order chi connectivity index (χ1) is 10.0. The van der Waals surface area contributed by atoms with Crippen molar-refractivity contribution in [2.45, 2.75) is 39.7 Å². The average Bonchev–Trinajstić information content (AvgIpc) is 2.45. The monoisotopic (exact) mass is 289 g/mol. The van der Waals surface area contributed by atoms with Gasteiger partial charge in [0.05, 0.1) is 6.54 Å². The third kappa shape index (κ3) is 4.05. The number of rotatable bonds is 4. The lowest BCUT2D eigenvalue weighted by molar-refractivity contribution is -0.118. The molecule has 1 aromatic carbocycles. The molecule has 1 aromatic rings. The largest absolute Gasteiger partial charge is 0.329 e. The van der Waals surface area contributed by atoms with Gasteiger partial charge in [-0.3, -0.25) is 9.69 Å². The van der Waals surface area contributed by atoms with Crippen LogP contribution in [-0.2, 0) is 4.79 Å². The highest BCUT2D eigenvalue weighted by Gasteiger charge is 2.26. The van der Waals surface area contributed by atoms with Crippen molar-refractivity contribution in [2.24, 2.45) is 11.7 Å². The molecule has 1 saturated heterocycles. The predicted octanol–water partition coefficient (Wildman–Crippen LogP) is 2.30. The summed E-state index contributed by atoms with van der Waals surface area (Å²) in [4.78, 5) is 14.6. The zero-order valence-corrected chi connectivity index (χ0v) is 13.4. The summed E-state index contributed by atoms with van der Waals surface area (Å²) in [6.07, 6.45) is 2.24. The average molecular weight is 289 g/mol. The van der Waals surface area contributed by atoms with E-state index < -0.39 is 0 Å². The van der Waals surface area contributed by atoms with Crippen LogP contribution in [-0.4, -0.2) is 36.5 Å². The molecule has 3 N–H and O–H groups in total. The van der Waals surface area contributed by atoms with Crippen molar-refractivity contribution in [3.63, 3.8) is 0 Å². The fourth-order valence-corrected chi connectivity index (χ4v) is 3.13. The van der Waals surface area contributed by atoms with Crippen LogP contribution in [0.2, 0.25) is 0 Å². The number of nitrogens with two attached hydrogens (primary N) is 1. The Labute approximate surface area is 127 Å². The normalized spacial score (nSPS) is 23.0. The van der Waals surface area contributed by atoms with E-state index in [1.165, 1.54) is 0 Å². The zero-order valence-electron chi connectivity index (χ0n) is 13.4. The van der Waals surface area contributed by atoms with Gasteiger partial charge in [-0.15, -0.1) is 0 Å². The van der Waals surface area contributed by atoms with E-state index in [-0.39, 0.29) is 5.91 Å². The van der Waals surface area contributed by atoms with Crippen LogP contribution in [0.5, 0.6) is 0 Å². The van der Waals surface area contributed by atoms with Gasteiger partial charge in [-0.2, -0.15) is 0 Å². The summed E-state index contributed by atoms with van der Waals surface area (Å²) in [6, 6.07) is 6.39. The van der Waals surface area contributed by atoms with Crippen LogP contribution >= 0.6 is 0 Å². The maximum absolute atomic E-state index is 12.3. The molecule has 1 amide bonds. The van der Waals surface area contributed by atoms with E-state index in [4.69, 9.17) is 5.73 Å². The minimum atomic E-state index is 0.0559. The molecule has 0 bridgehead atoms. The van der Waals surface area contributed by atoms with Crippen LogP contribution in [0.15, 0.2) is 18.2 Å². The molecule has 21 heavy (non-hydrogen) atoms. The molecular formula is C17H27N3O. The lowest BCUT2D eigenvalue weighted by atomic mass is 9.92. The van der Waals surface area contributed by atoms with Gasteiger partial charge in [-0.05, 0) is 50.3 Å². The molecule has 4 heteroatoms. The fraction of sp³-hybridized carbons (Fsp3) is 0.588. The summed E-state index contributed by atoms with van der Waals surface area (Å²) >= 11 is 0. The minimum absolute atomic E-state index is 0.0559. The molecule has 0 saturated carbocycles. The molecule has 1 heterocycles. The number of nitrogens with zero attached hydrogens (tertiary/aromatic N) is 1. The van der Waals surface area contributed by atoms with Gasteiger partial charge in [0.1, 0.15) is 0 Å². The Hall–Kier alpha value is -1.39. The van der Waals surface area contributed by atoms with Crippen LogP contribution in [0, 0.1) is 19.8 Å². The van der Waals surface area contributed by atoms with Crippen LogP contribution in [0.1, 0.15) is 30.9 Å². The van der Waals surface area contributed by atoms with E-state index in [0.29, 0.717) is 25.0 Å². The van der Waals surface area contributed by atoms with Crippen molar-refractivity contribution in [1.82, 2.24) is 4.90 Å². The van der Waals surface area contributed by atoms with Crippen LogP contribution in [0.3, 0.4) is 0 Å². The Morgan fingerprint density at radius 1 is 1.38 bits per heavy atom. The SMILES string of the molecule is Cc1cccc(C)c1NC(=O)CN1CCC(C)CC1CN. The summed E-state index contributed by atoms with van der Waals surface area (Å²) in [5.74, 6) is 0.761. The lowest BCUT2D eigenvalue weighted by Gasteiger charge is -2.37. The number of carbonyl (C=O) groups excluding carboxylic acids is 1. The molecule has 2 rings (SSSR count). The van der Waals surface area contributed by atoms with Crippen LogP contribution in [0.4, 0.5) is 5.69 Å². The maximum atomic E-state index is 12.3. The number of para-hydroxylation sites is 1. The molecule has 1 aliphatic rings. The van der Waals surface area contributed by atoms with Gasteiger partial charge < -0.3 is 11.1 Å². The second kappa shape index (κ2) is 7.05. The zero-order chi connectivity index (χ0) is 15.4. The van der Waals surface area contributed by atoms with E-state index in [9.17, 15) is 4.79 Å². The van der Waals surface area contributed by atoms with E-state index in [1.54, 1.807) is 0 Å². The first-order valence-corrected chi connectivity index (χ1v) is 7.81. The summed E-state index contributed by atoms with van der Waals surface area (Å²) in [7, 11) is 0. The predicted molar refractivity (Wildman–Crippen MR) is 87.4 cm³/mol. The number of hydrogen-bond donors (Lipinski definition) is 2. The highest BCUT2D eigenvalue weighted by Crippen LogP contribution is 2.23. The fourth-order valence-electron chi connectivity index (χ4n) is 3.13. The molecule has 116 valence electrons. The molecule has 2 atom stereocenters. The highest BCUT2D eigenvalue weighted by molar-refractivity contribution is 5.93. The number of piperidine rings is 1. The molecule has 1 aliphatic heterocycles. The molecule has 0 aromatic heterocycles. The van der Waals surface area contributed by atoms with E-state index in [1.807, 2.05) is 32.0 Å². The molecule has 4 nitrogen and oxygen atoms in total. The first kappa shape index (κ1) is 16.0. The van der Waals surface area contributed by atoms with Gasteiger partial charge in [0.2, 0.25) is 5.91 Å². The first-order valence-electron chi connectivity index (χ1n) is 7.81. The van der Waals surface area contributed by atoms with E-state index >= 15 is 0 Å². The van der Waals surface area contributed by atoms with Gasteiger partial charge >= 0.3 is 0 Å². The van der Waals surface area contributed by atoms with E-state index in [0.717, 1.165) is 36.2 Å². The van der Waals surface area contributed by atoms with E-state index in [2.05, 4.69) is 17.1 Å². The lowest BCUT2D eigenvalue weighted by Crippen LogP contribution is -2.49. The van der Waals surface area contributed by atoms with Crippen molar-refractivity contribution in [1.29, 1.82) is 0 Å². The summed E-state index contributed by atoms with van der Waals surface area (Å²) in [6.45, 7) is 8.32. The Bertz CT molecular complexity index is 481. The number of nitrogens with one attached hydrogen (secondary N) is 1. The third-order valence-electron chi connectivity index (χ3n) is 4.46. The molecule has 1 fully saturated rings. The number of amides is 1. The quantitative estimate of drug-likeness (QED) is 0.894. The van der Waals surface area contributed by atoms with Crippen molar-refractivity contribution in [3.8, 4) is 0 Å². The molecular weight excluding hydrogens is 262 g/mol. The number of aryl methyl sites for hydroxylation is 2. The van der Waals surface area contributed by atoms with Crippen LogP contribution < -0.4 is 11.1 Å².